The summed E-state index contributed by atoms with van der Waals surface area (Å²) in [5, 5.41) is 5.14. The summed E-state index contributed by atoms with van der Waals surface area (Å²) in [7, 11) is -7.65. The monoisotopic (exact) mass is 476 g/mol. The molecule has 0 saturated heterocycles. The van der Waals surface area contributed by atoms with Crippen LogP contribution < -0.4 is 19.0 Å². The number of carbonyl (C=O) groups is 1. The normalized spacial score (nSPS) is 11.4. The Kier molecular flexibility index (Phi) is 7.01. The Bertz CT molecular complexity index is 1290. The lowest BCUT2D eigenvalue weighted by Gasteiger charge is -2.11. The predicted molar refractivity (Wildman–Crippen MR) is 120 cm³/mol. The number of anilines is 2. The summed E-state index contributed by atoms with van der Waals surface area (Å²) in [5.41, 5.74) is 0.695. The molecule has 0 aliphatic carbocycles. The largest absolute Gasteiger partial charge is 0.382 e. The average molecular weight is 477 g/mol. The molecular weight excluding hydrogens is 456 g/mol. The second kappa shape index (κ2) is 9.71. The van der Waals surface area contributed by atoms with Crippen molar-refractivity contribution in [3.63, 3.8) is 0 Å². The van der Waals surface area contributed by atoms with Crippen molar-refractivity contribution in [3.05, 3.63) is 78.9 Å². The van der Waals surface area contributed by atoms with Crippen molar-refractivity contribution in [3.8, 4) is 11.5 Å². The molecule has 0 heterocycles. The van der Waals surface area contributed by atoms with Crippen molar-refractivity contribution in [2.75, 3.05) is 16.4 Å². The maximum Gasteiger partial charge on any atom is 0.339 e. The van der Waals surface area contributed by atoms with Gasteiger partial charge in [0, 0.05) is 17.4 Å². The van der Waals surface area contributed by atoms with Gasteiger partial charge in [0.25, 0.3) is 0 Å². The van der Waals surface area contributed by atoms with Gasteiger partial charge in [0.05, 0.1) is 5.75 Å². The van der Waals surface area contributed by atoms with E-state index in [1.807, 2.05) is 0 Å². The molecule has 11 heteroatoms. The first-order chi connectivity index (χ1) is 15.2. The minimum absolute atomic E-state index is 0.00951. The van der Waals surface area contributed by atoms with Crippen molar-refractivity contribution in [2.24, 2.45) is 0 Å². The SMILES string of the molecule is CCS(=O)(=O)Oc1ccc(NC(=O)Nc2cccc(OS(=O)(=O)c3ccccc3)c2)cc1. The first-order valence-electron chi connectivity index (χ1n) is 9.37. The lowest BCUT2D eigenvalue weighted by Crippen LogP contribution is -2.19. The maximum absolute atomic E-state index is 12.3. The average Bonchev–Trinajstić information content (AvgIpc) is 2.75. The quantitative estimate of drug-likeness (QED) is 0.473. The van der Waals surface area contributed by atoms with E-state index in [-0.39, 0.29) is 22.1 Å². The molecule has 0 aromatic heterocycles. The molecule has 9 nitrogen and oxygen atoms in total. The Hall–Kier alpha value is -3.57. The number of hydrogen-bond acceptors (Lipinski definition) is 7. The van der Waals surface area contributed by atoms with Gasteiger partial charge in [-0.25, -0.2) is 4.79 Å². The van der Waals surface area contributed by atoms with Gasteiger partial charge in [-0.1, -0.05) is 24.3 Å². The van der Waals surface area contributed by atoms with Gasteiger partial charge in [-0.2, -0.15) is 16.8 Å². The summed E-state index contributed by atoms with van der Waals surface area (Å²) in [5.74, 6) is -0.00208. The summed E-state index contributed by atoms with van der Waals surface area (Å²) >= 11 is 0. The number of rotatable bonds is 8. The first kappa shape index (κ1) is 23.1. The summed E-state index contributed by atoms with van der Waals surface area (Å²) in [6.07, 6.45) is 0. The van der Waals surface area contributed by atoms with Crippen LogP contribution in [-0.4, -0.2) is 28.6 Å². The molecule has 3 aromatic rings. The van der Waals surface area contributed by atoms with Crippen molar-refractivity contribution in [1.29, 1.82) is 0 Å². The minimum atomic E-state index is -4.01. The van der Waals surface area contributed by atoms with Gasteiger partial charge in [-0.3, -0.25) is 0 Å². The van der Waals surface area contributed by atoms with Crippen LogP contribution in [0.1, 0.15) is 6.92 Å². The van der Waals surface area contributed by atoms with Crippen LogP contribution in [0, 0.1) is 0 Å². The molecule has 0 saturated carbocycles. The van der Waals surface area contributed by atoms with E-state index in [1.54, 1.807) is 24.3 Å². The zero-order valence-electron chi connectivity index (χ0n) is 16.9. The van der Waals surface area contributed by atoms with Crippen LogP contribution in [0.2, 0.25) is 0 Å². The van der Waals surface area contributed by atoms with Gasteiger partial charge >= 0.3 is 26.3 Å². The van der Waals surface area contributed by atoms with E-state index in [0.29, 0.717) is 11.4 Å². The fraction of sp³-hybridized carbons (Fsp3) is 0.0952. The molecule has 0 aliphatic heterocycles. The lowest BCUT2D eigenvalue weighted by atomic mass is 10.3. The highest BCUT2D eigenvalue weighted by Gasteiger charge is 2.16. The Morgan fingerprint density at radius 1 is 0.750 bits per heavy atom. The number of hydrogen-bond donors (Lipinski definition) is 2. The van der Waals surface area contributed by atoms with E-state index in [9.17, 15) is 21.6 Å². The fourth-order valence-corrected chi connectivity index (χ4v) is 3.95. The maximum atomic E-state index is 12.3. The van der Waals surface area contributed by atoms with Crippen molar-refractivity contribution in [1.82, 2.24) is 0 Å². The lowest BCUT2D eigenvalue weighted by molar-refractivity contribution is 0.262. The standard InChI is InChI=1S/C21H20N2O7S2/c1-2-31(25,26)29-18-13-11-16(12-14-18)22-21(24)23-17-7-6-8-19(15-17)30-32(27,28)20-9-4-3-5-10-20/h3-15H,2H2,1H3,(H2,22,23,24). The fourth-order valence-electron chi connectivity index (χ4n) is 2.48. The highest BCUT2D eigenvalue weighted by molar-refractivity contribution is 7.87. The Morgan fingerprint density at radius 2 is 1.41 bits per heavy atom. The van der Waals surface area contributed by atoms with E-state index >= 15 is 0 Å². The summed E-state index contributed by atoms with van der Waals surface area (Å²) < 4.78 is 57.6. The Labute approximate surface area is 186 Å². The van der Waals surface area contributed by atoms with E-state index in [1.165, 1.54) is 61.5 Å². The van der Waals surface area contributed by atoms with Crippen LogP contribution in [0.15, 0.2) is 83.8 Å². The van der Waals surface area contributed by atoms with Crippen LogP contribution in [0.4, 0.5) is 16.2 Å². The predicted octanol–water partition coefficient (Wildman–Crippen LogP) is 3.83. The Morgan fingerprint density at radius 3 is 2.06 bits per heavy atom. The summed E-state index contributed by atoms with van der Waals surface area (Å²) in [4.78, 5) is 12.3. The van der Waals surface area contributed by atoms with Gasteiger partial charge < -0.3 is 19.0 Å². The van der Waals surface area contributed by atoms with Crippen molar-refractivity contribution < 1.29 is 30.0 Å². The number of urea groups is 1. The van der Waals surface area contributed by atoms with Crippen molar-refractivity contribution >= 4 is 37.6 Å². The third kappa shape index (κ3) is 6.46. The van der Waals surface area contributed by atoms with E-state index in [2.05, 4.69) is 10.6 Å². The minimum Gasteiger partial charge on any atom is -0.382 e. The molecule has 0 bridgehead atoms. The summed E-state index contributed by atoms with van der Waals surface area (Å²) in [6, 6.07) is 18.8. The second-order valence-corrected chi connectivity index (χ2v) is 9.82. The number of carbonyl (C=O) groups excluding carboxylic acids is 1. The van der Waals surface area contributed by atoms with Crippen molar-refractivity contribution in [2.45, 2.75) is 11.8 Å². The summed E-state index contributed by atoms with van der Waals surface area (Å²) in [6.45, 7) is 1.46. The molecular formula is C21H20N2O7S2. The van der Waals surface area contributed by atoms with Gasteiger partial charge in [0.15, 0.2) is 0 Å². The highest BCUT2D eigenvalue weighted by Crippen LogP contribution is 2.23. The molecule has 32 heavy (non-hydrogen) atoms. The van der Waals surface area contributed by atoms with E-state index < -0.39 is 26.3 Å². The molecule has 0 radical (unpaired) electrons. The van der Waals surface area contributed by atoms with Gasteiger partial charge in [0.2, 0.25) is 0 Å². The van der Waals surface area contributed by atoms with Gasteiger partial charge in [-0.05, 0) is 55.5 Å². The molecule has 2 N–H and O–H groups in total. The molecule has 3 rings (SSSR count). The molecule has 168 valence electrons. The second-order valence-electron chi connectivity index (χ2n) is 6.41. The topological polar surface area (TPSA) is 128 Å². The van der Waals surface area contributed by atoms with Crippen LogP contribution in [0.3, 0.4) is 0 Å². The molecule has 2 amide bonds. The van der Waals surface area contributed by atoms with Gasteiger partial charge in [-0.15, -0.1) is 0 Å². The molecule has 0 aliphatic rings. The van der Waals surface area contributed by atoms with E-state index in [4.69, 9.17) is 8.37 Å². The van der Waals surface area contributed by atoms with Crippen LogP contribution in [-0.2, 0) is 20.2 Å². The smallest absolute Gasteiger partial charge is 0.339 e. The van der Waals surface area contributed by atoms with Crippen LogP contribution in [0.25, 0.3) is 0 Å². The van der Waals surface area contributed by atoms with Crippen LogP contribution in [0.5, 0.6) is 11.5 Å². The third-order valence-electron chi connectivity index (χ3n) is 4.02. The van der Waals surface area contributed by atoms with E-state index in [0.717, 1.165) is 0 Å². The molecule has 0 fully saturated rings. The zero-order chi connectivity index (χ0) is 23.2. The molecule has 3 aromatic carbocycles. The third-order valence-corrected chi connectivity index (χ3v) is 6.43. The number of amides is 2. The highest BCUT2D eigenvalue weighted by atomic mass is 32.2. The molecule has 0 spiro atoms. The van der Waals surface area contributed by atoms with Crippen LogP contribution >= 0.6 is 0 Å². The van der Waals surface area contributed by atoms with Gasteiger partial charge in [0.1, 0.15) is 16.4 Å². The molecule has 0 unspecified atom stereocenters. The number of nitrogens with one attached hydrogen (secondary N) is 2. The number of benzene rings is 3. The zero-order valence-corrected chi connectivity index (χ0v) is 18.5. The first-order valence-corrected chi connectivity index (χ1v) is 12.4. The Balaban J connectivity index is 1.62. The molecule has 0 atom stereocenters.